The summed E-state index contributed by atoms with van der Waals surface area (Å²) in [5.74, 6) is 0.832. The molecule has 2 aliphatic rings. The maximum absolute atomic E-state index is 13.6. The van der Waals surface area contributed by atoms with Crippen LogP contribution in [0, 0.1) is 18.8 Å². The molecule has 8 nitrogen and oxygen atoms in total. The summed E-state index contributed by atoms with van der Waals surface area (Å²) in [7, 11) is 0. The highest BCUT2D eigenvalue weighted by Crippen LogP contribution is 2.38. The van der Waals surface area contributed by atoms with E-state index in [0.717, 1.165) is 19.3 Å². The van der Waals surface area contributed by atoms with Gasteiger partial charge < -0.3 is 20.4 Å². The lowest BCUT2D eigenvalue weighted by molar-refractivity contribution is -0.119. The summed E-state index contributed by atoms with van der Waals surface area (Å²) in [6, 6.07) is 4.24. The third-order valence-electron chi connectivity index (χ3n) is 7.29. The minimum atomic E-state index is -2.64. The summed E-state index contributed by atoms with van der Waals surface area (Å²) in [4.78, 5) is 36.9. The molecule has 0 unspecified atom stereocenters. The second kappa shape index (κ2) is 10.1. The molecular formula is C27H31F2N5O3. The molecule has 2 aliphatic carbocycles. The molecule has 2 fully saturated rings. The van der Waals surface area contributed by atoms with Crippen LogP contribution in [-0.4, -0.2) is 45.5 Å². The van der Waals surface area contributed by atoms with Crippen molar-refractivity contribution < 1.29 is 23.1 Å². The smallest absolute Gasteiger partial charge is 0.263 e. The van der Waals surface area contributed by atoms with E-state index in [4.69, 9.17) is 4.74 Å². The van der Waals surface area contributed by atoms with Crippen molar-refractivity contribution in [1.82, 2.24) is 25.6 Å². The van der Waals surface area contributed by atoms with E-state index in [0.29, 0.717) is 58.2 Å². The number of halogens is 2. The van der Waals surface area contributed by atoms with Crippen molar-refractivity contribution in [2.24, 2.45) is 11.8 Å². The van der Waals surface area contributed by atoms with E-state index in [1.807, 2.05) is 0 Å². The Morgan fingerprint density at radius 3 is 2.68 bits per heavy atom. The van der Waals surface area contributed by atoms with Gasteiger partial charge in [-0.05, 0) is 62.6 Å². The van der Waals surface area contributed by atoms with Gasteiger partial charge in [-0.2, -0.15) is 0 Å². The van der Waals surface area contributed by atoms with Crippen molar-refractivity contribution in [2.45, 2.75) is 65.0 Å². The molecule has 3 aromatic rings. The van der Waals surface area contributed by atoms with Gasteiger partial charge in [0.1, 0.15) is 23.3 Å². The van der Waals surface area contributed by atoms with Crippen molar-refractivity contribution in [1.29, 1.82) is 0 Å². The van der Waals surface area contributed by atoms with Crippen LogP contribution in [0.25, 0.3) is 22.3 Å². The maximum atomic E-state index is 13.6. The lowest BCUT2D eigenvalue weighted by atomic mass is 10.0. The Morgan fingerprint density at radius 1 is 1.19 bits per heavy atom. The average molecular weight is 512 g/mol. The Hall–Kier alpha value is -3.56. The summed E-state index contributed by atoms with van der Waals surface area (Å²) >= 11 is 0. The lowest BCUT2D eigenvalue weighted by Gasteiger charge is -2.15. The number of hydrogen-bond acceptors (Lipinski definition) is 5. The van der Waals surface area contributed by atoms with Gasteiger partial charge in [0, 0.05) is 35.8 Å². The number of carbonyl (C=O) groups excluding carboxylic acids is 2. The lowest BCUT2D eigenvalue weighted by Crippen LogP contribution is -2.37. The molecule has 3 atom stereocenters. The van der Waals surface area contributed by atoms with E-state index in [9.17, 15) is 18.4 Å². The molecule has 2 saturated carbocycles. The van der Waals surface area contributed by atoms with E-state index in [1.165, 1.54) is 25.4 Å². The van der Waals surface area contributed by atoms with Crippen LogP contribution in [0.5, 0.6) is 5.75 Å². The van der Waals surface area contributed by atoms with E-state index in [-0.39, 0.29) is 35.4 Å². The first kappa shape index (κ1) is 25.1. The number of nitrogens with one attached hydrogen (secondary N) is 3. The zero-order valence-corrected chi connectivity index (χ0v) is 21.1. The fourth-order valence-electron chi connectivity index (χ4n) is 5.18. The van der Waals surface area contributed by atoms with E-state index in [1.54, 1.807) is 13.0 Å². The fraction of sp³-hybridized carbons (Fsp3) is 0.481. The number of hydrogen-bond donors (Lipinski definition) is 3. The molecule has 0 spiro atoms. The molecule has 1 aromatic carbocycles. The third-order valence-corrected chi connectivity index (χ3v) is 7.29. The van der Waals surface area contributed by atoms with Gasteiger partial charge in [-0.1, -0.05) is 6.92 Å². The topological polar surface area (TPSA) is 109 Å². The molecule has 10 heteroatoms. The molecule has 0 aliphatic heterocycles. The van der Waals surface area contributed by atoms with Crippen LogP contribution in [-0.2, 0) is 4.79 Å². The van der Waals surface area contributed by atoms with Crippen LogP contribution in [0.1, 0.15) is 67.6 Å². The zero-order chi connectivity index (χ0) is 26.3. The molecule has 37 heavy (non-hydrogen) atoms. The number of aromatic nitrogens is 3. The molecule has 0 bridgehead atoms. The highest BCUT2D eigenvalue weighted by molar-refractivity contribution is 6.09. The van der Waals surface area contributed by atoms with Gasteiger partial charge in [-0.3, -0.25) is 9.59 Å². The van der Waals surface area contributed by atoms with Crippen LogP contribution in [0.2, 0.25) is 0 Å². The van der Waals surface area contributed by atoms with Crippen molar-refractivity contribution in [2.75, 3.05) is 6.61 Å². The van der Waals surface area contributed by atoms with Gasteiger partial charge in [0.25, 0.3) is 12.3 Å². The molecule has 2 heterocycles. The van der Waals surface area contributed by atoms with Crippen LogP contribution in [0.15, 0.2) is 24.5 Å². The number of nitrogens with zero attached hydrogens (tertiary/aromatic N) is 2. The largest absolute Gasteiger partial charge is 0.493 e. The number of aromatic amines is 1. The number of ether oxygens (including phenoxy) is 1. The number of H-pyrrole nitrogens is 1. The number of rotatable bonds is 8. The summed E-state index contributed by atoms with van der Waals surface area (Å²) in [6.45, 7) is 5.84. The number of carbonyl (C=O) groups is 2. The quantitative estimate of drug-likeness (QED) is 0.407. The molecule has 0 saturated heterocycles. The SMILES string of the molecule is CC(=O)N[C@H]1C[C@H](NC(=O)c2c(C)[nH]c3c(-c4cc(C(F)F)ccc4OCC4CC4)ncnc23)C[C@@H]1C. The zero-order valence-electron chi connectivity index (χ0n) is 21.1. The number of amides is 2. The Balaban J connectivity index is 1.46. The maximum Gasteiger partial charge on any atom is 0.263 e. The minimum Gasteiger partial charge on any atom is -0.493 e. The summed E-state index contributed by atoms with van der Waals surface area (Å²) in [5, 5.41) is 6.04. The number of aryl methyl sites for hydroxylation is 1. The number of alkyl halides is 2. The summed E-state index contributed by atoms with van der Waals surface area (Å²) in [5.41, 5.74) is 2.60. The van der Waals surface area contributed by atoms with Gasteiger partial charge in [0.15, 0.2) is 0 Å². The van der Waals surface area contributed by atoms with Crippen LogP contribution in [0.3, 0.4) is 0 Å². The third kappa shape index (κ3) is 5.28. The van der Waals surface area contributed by atoms with Crippen molar-refractivity contribution in [3.05, 3.63) is 41.3 Å². The summed E-state index contributed by atoms with van der Waals surface area (Å²) in [6.07, 6.45) is 2.29. The summed E-state index contributed by atoms with van der Waals surface area (Å²) < 4.78 is 33.1. The molecule has 0 radical (unpaired) electrons. The van der Waals surface area contributed by atoms with Crippen LogP contribution >= 0.6 is 0 Å². The van der Waals surface area contributed by atoms with E-state index in [2.05, 4.69) is 32.5 Å². The second-order valence-corrected chi connectivity index (χ2v) is 10.3. The monoisotopic (exact) mass is 511 g/mol. The second-order valence-electron chi connectivity index (χ2n) is 10.3. The normalized spacial score (nSPS) is 21.4. The number of benzene rings is 1. The van der Waals surface area contributed by atoms with Gasteiger partial charge in [-0.15, -0.1) is 0 Å². The molecular weight excluding hydrogens is 480 g/mol. The first-order valence-electron chi connectivity index (χ1n) is 12.7. The van der Waals surface area contributed by atoms with Crippen LogP contribution in [0.4, 0.5) is 8.78 Å². The predicted octanol–water partition coefficient (Wildman–Crippen LogP) is 4.69. The molecule has 5 rings (SSSR count). The highest BCUT2D eigenvalue weighted by Gasteiger charge is 2.34. The van der Waals surface area contributed by atoms with Gasteiger partial charge >= 0.3 is 0 Å². The van der Waals surface area contributed by atoms with Gasteiger partial charge in [0.2, 0.25) is 5.91 Å². The standard InChI is InChI=1S/C27H31F2N5O3/c1-13-8-18(10-20(13)33-15(3)35)34-27(36)22-14(2)32-25-23(30-12-31-24(22)25)19-9-17(26(28)29)6-7-21(19)37-11-16-4-5-16/h6-7,9,12-13,16,18,20,26,32H,4-5,8,10-11H2,1-3H3,(H,33,35)(H,34,36)/t13-,18+,20-/m0/s1. The van der Waals surface area contributed by atoms with E-state index >= 15 is 0 Å². The molecule has 2 amide bonds. The average Bonchev–Trinajstić information content (AvgIpc) is 3.52. The Morgan fingerprint density at radius 2 is 1.97 bits per heavy atom. The van der Waals surface area contributed by atoms with Gasteiger partial charge in [0.05, 0.1) is 17.7 Å². The Kier molecular flexibility index (Phi) is 6.83. The van der Waals surface area contributed by atoms with Crippen LogP contribution < -0.4 is 15.4 Å². The first-order valence-corrected chi connectivity index (χ1v) is 12.7. The number of fused-ring (bicyclic) bond motifs is 1. The fourth-order valence-corrected chi connectivity index (χ4v) is 5.18. The highest BCUT2D eigenvalue weighted by atomic mass is 19.3. The van der Waals surface area contributed by atoms with Crippen molar-refractivity contribution in [3.8, 4) is 17.0 Å². The van der Waals surface area contributed by atoms with Gasteiger partial charge in [-0.25, -0.2) is 18.7 Å². The minimum absolute atomic E-state index is 0.0111. The van der Waals surface area contributed by atoms with Crippen molar-refractivity contribution >= 4 is 22.8 Å². The Bertz CT molecular complexity index is 1340. The molecule has 2 aromatic heterocycles. The van der Waals surface area contributed by atoms with E-state index < -0.39 is 6.43 Å². The predicted molar refractivity (Wildman–Crippen MR) is 134 cm³/mol. The molecule has 196 valence electrons. The first-order chi connectivity index (χ1) is 17.7. The van der Waals surface area contributed by atoms with Crippen molar-refractivity contribution in [3.63, 3.8) is 0 Å². The Labute approximate surface area is 213 Å². The molecule has 3 N–H and O–H groups in total.